The van der Waals surface area contributed by atoms with Gasteiger partial charge in [-0.15, -0.1) is 0 Å². The van der Waals surface area contributed by atoms with E-state index in [0.29, 0.717) is 5.91 Å². The van der Waals surface area contributed by atoms with E-state index in [1.165, 1.54) is 11.4 Å². The summed E-state index contributed by atoms with van der Waals surface area (Å²) in [6.07, 6.45) is 1.89. The van der Waals surface area contributed by atoms with Gasteiger partial charge in [0.05, 0.1) is 0 Å². The van der Waals surface area contributed by atoms with Gasteiger partial charge < -0.3 is 14.7 Å². The molecule has 0 saturated carbocycles. The molecule has 0 aromatic heterocycles. The zero-order valence-corrected chi connectivity index (χ0v) is 15.8. The molecule has 1 amide bonds. The number of carbonyl (C=O) groups excluding carboxylic acids is 1. The van der Waals surface area contributed by atoms with Crippen LogP contribution < -0.4 is 9.80 Å². The molecule has 1 aromatic rings. The second kappa shape index (κ2) is 8.95. The first-order chi connectivity index (χ1) is 11.6. The normalized spacial score (nSPS) is 15.0. The zero-order chi connectivity index (χ0) is 17.5. The van der Waals surface area contributed by atoms with E-state index in [-0.39, 0.29) is 5.92 Å². The lowest BCUT2D eigenvalue weighted by atomic mass is 10.0. The largest absolute Gasteiger partial charge is 0.372 e. The number of benzene rings is 1. The highest BCUT2D eigenvalue weighted by atomic mass is 16.2. The number of rotatable bonds is 7. The molecule has 1 saturated heterocycles. The highest BCUT2D eigenvalue weighted by molar-refractivity contribution is 5.79. The van der Waals surface area contributed by atoms with Crippen molar-refractivity contribution in [3.05, 3.63) is 24.3 Å². The van der Waals surface area contributed by atoms with Crippen LogP contribution in [0.1, 0.15) is 40.5 Å². The molecule has 1 heterocycles. The minimum atomic E-state index is 0.199. The van der Waals surface area contributed by atoms with E-state index in [1.54, 1.807) is 0 Å². The predicted octanol–water partition coefficient (Wildman–Crippen LogP) is 3.62. The summed E-state index contributed by atoms with van der Waals surface area (Å²) in [7, 11) is 0. The molecule has 0 N–H and O–H groups in total. The van der Waals surface area contributed by atoms with Gasteiger partial charge in [0.1, 0.15) is 0 Å². The predicted molar refractivity (Wildman–Crippen MR) is 103 cm³/mol. The molecule has 1 aliphatic rings. The highest BCUT2D eigenvalue weighted by Gasteiger charge is 2.25. The Kier molecular flexibility index (Phi) is 6.95. The number of hydrogen-bond acceptors (Lipinski definition) is 3. The molecule has 0 spiro atoms. The van der Waals surface area contributed by atoms with Crippen LogP contribution in [0.4, 0.5) is 11.4 Å². The van der Waals surface area contributed by atoms with Gasteiger partial charge in [-0.3, -0.25) is 4.79 Å². The lowest BCUT2D eigenvalue weighted by Crippen LogP contribution is -2.50. The molecule has 1 aliphatic heterocycles. The lowest BCUT2D eigenvalue weighted by molar-refractivity contribution is -0.136. The van der Waals surface area contributed by atoms with Crippen molar-refractivity contribution in [2.24, 2.45) is 5.92 Å². The van der Waals surface area contributed by atoms with Crippen molar-refractivity contribution >= 4 is 17.3 Å². The topological polar surface area (TPSA) is 26.8 Å². The average molecular weight is 332 g/mol. The molecule has 4 heteroatoms. The van der Waals surface area contributed by atoms with E-state index >= 15 is 0 Å². The fourth-order valence-electron chi connectivity index (χ4n) is 3.54. The molecule has 0 atom stereocenters. The van der Waals surface area contributed by atoms with Gasteiger partial charge in [-0.2, -0.15) is 0 Å². The first kappa shape index (κ1) is 18.6. The van der Waals surface area contributed by atoms with E-state index in [1.807, 2.05) is 0 Å². The molecular weight excluding hydrogens is 298 g/mol. The fourth-order valence-corrected chi connectivity index (χ4v) is 3.54. The Labute approximate surface area is 147 Å². The summed E-state index contributed by atoms with van der Waals surface area (Å²) in [6.45, 7) is 14.2. The summed E-state index contributed by atoms with van der Waals surface area (Å²) in [5.74, 6) is 0.543. The van der Waals surface area contributed by atoms with Gasteiger partial charge in [0.2, 0.25) is 5.91 Å². The molecule has 0 bridgehead atoms. The van der Waals surface area contributed by atoms with Crippen molar-refractivity contribution in [1.82, 2.24) is 4.90 Å². The van der Waals surface area contributed by atoms with Gasteiger partial charge in [0.15, 0.2) is 0 Å². The minimum absolute atomic E-state index is 0.199. The number of hydrogen-bond donors (Lipinski definition) is 0. The Balaban J connectivity index is 1.93. The van der Waals surface area contributed by atoms with Crippen LogP contribution in [0, 0.1) is 5.92 Å². The number of piperazine rings is 1. The van der Waals surface area contributed by atoms with Gasteiger partial charge >= 0.3 is 0 Å². The van der Waals surface area contributed by atoms with Crippen LogP contribution >= 0.6 is 0 Å². The van der Waals surface area contributed by atoms with Crippen molar-refractivity contribution in [3.8, 4) is 0 Å². The van der Waals surface area contributed by atoms with Crippen LogP contribution in [-0.4, -0.2) is 50.1 Å². The third kappa shape index (κ3) is 4.22. The number of amides is 1. The van der Waals surface area contributed by atoms with Gasteiger partial charge in [-0.25, -0.2) is 0 Å². The molecule has 134 valence electrons. The Morgan fingerprint density at radius 2 is 1.50 bits per heavy atom. The first-order valence-electron chi connectivity index (χ1n) is 9.53. The summed E-state index contributed by atoms with van der Waals surface area (Å²) >= 11 is 0. The van der Waals surface area contributed by atoms with Crippen LogP contribution in [0.5, 0.6) is 0 Å². The fraction of sp³-hybridized carbons (Fsp3) is 0.650. The Morgan fingerprint density at radius 1 is 0.958 bits per heavy atom. The van der Waals surface area contributed by atoms with E-state index < -0.39 is 0 Å². The smallest absolute Gasteiger partial charge is 0.225 e. The second-order valence-electron chi connectivity index (χ2n) is 6.51. The second-order valence-corrected chi connectivity index (χ2v) is 6.51. The van der Waals surface area contributed by atoms with E-state index in [2.05, 4.69) is 66.7 Å². The quantitative estimate of drug-likeness (QED) is 0.763. The van der Waals surface area contributed by atoms with Gasteiger partial charge in [-0.05, 0) is 51.0 Å². The molecule has 1 aromatic carbocycles. The third-order valence-corrected chi connectivity index (χ3v) is 5.27. The van der Waals surface area contributed by atoms with E-state index in [4.69, 9.17) is 0 Å². The molecule has 0 aliphatic carbocycles. The monoisotopic (exact) mass is 331 g/mol. The molecule has 24 heavy (non-hydrogen) atoms. The summed E-state index contributed by atoms with van der Waals surface area (Å²) < 4.78 is 0. The van der Waals surface area contributed by atoms with Crippen LogP contribution in [-0.2, 0) is 4.79 Å². The van der Waals surface area contributed by atoms with Crippen molar-refractivity contribution < 1.29 is 4.79 Å². The Morgan fingerprint density at radius 3 is 1.96 bits per heavy atom. The molecule has 1 fully saturated rings. The first-order valence-corrected chi connectivity index (χ1v) is 9.53. The summed E-state index contributed by atoms with van der Waals surface area (Å²) in [5, 5.41) is 0. The third-order valence-electron chi connectivity index (χ3n) is 5.27. The molecule has 0 unspecified atom stereocenters. The number of anilines is 2. The van der Waals surface area contributed by atoms with Gasteiger partial charge in [0, 0.05) is 56.6 Å². The Hall–Kier alpha value is -1.71. The van der Waals surface area contributed by atoms with Crippen molar-refractivity contribution in [3.63, 3.8) is 0 Å². The maximum absolute atomic E-state index is 12.5. The SMILES string of the molecule is CCC(CC)C(=O)N1CCN(c2ccc(N(CC)CC)cc2)CC1. The zero-order valence-electron chi connectivity index (χ0n) is 15.8. The average Bonchev–Trinajstić information content (AvgIpc) is 2.64. The van der Waals surface area contributed by atoms with Crippen LogP contribution in [0.15, 0.2) is 24.3 Å². The minimum Gasteiger partial charge on any atom is -0.372 e. The molecule has 2 rings (SSSR count). The summed E-state index contributed by atoms with van der Waals surface area (Å²) in [6, 6.07) is 8.85. The maximum Gasteiger partial charge on any atom is 0.225 e. The summed E-state index contributed by atoms with van der Waals surface area (Å²) in [4.78, 5) is 19.3. The standard InChI is InChI=1S/C20H33N3O/c1-5-17(6-2)20(24)23-15-13-22(14-16-23)19-11-9-18(10-12-19)21(7-3)8-4/h9-12,17H,5-8,13-16H2,1-4H3. The van der Waals surface area contributed by atoms with E-state index in [0.717, 1.165) is 52.1 Å². The van der Waals surface area contributed by atoms with Gasteiger partial charge in [0.25, 0.3) is 0 Å². The van der Waals surface area contributed by atoms with Crippen LogP contribution in [0.2, 0.25) is 0 Å². The number of carbonyl (C=O) groups is 1. The molecule has 4 nitrogen and oxygen atoms in total. The van der Waals surface area contributed by atoms with Crippen molar-refractivity contribution in [1.29, 1.82) is 0 Å². The van der Waals surface area contributed by atoms with Crippen molar-refractivity contribution in [2.45, 2.75) is 40.5 Å². The summed E-state index contributed by atoms with van der Waals surface area (Å²) in [5.41, 5.74) is 2.55. The Bertz CT molecular complexity index is 498. The van der Waals surface area contributed by atoms with Crippen molar-refractivity contribution in [2.75, 3.05) is 49.1 Å². The number of nitrogens with zero attached hydrogens (tertiary/aromatic N) is 3. The van der Waals surface area contributed by atoms with E-state index in [9.17, 15) is 4.79 Å². The van der Waals surface area contributed by atoms with Gasteiger partial charge in [-0.1, -0.05) is 13.8 Å². The van der Waals surface area contributed by atoms with Crippen LogP contribution in [0.3, 0.4) is 0 Å². The highest BCUT2D eigenvalue weighted by Crippen LogP contribution is 2.22. The molecule has 0 radical (unpaired) electrons. The lowest BCUT2D eigenvalue weighted by Gasteiger charge is -2.37. The maximum atomic E-state index is 12.5. The molecular formula is C20H33N3O. The van der Waals surface area contributed by atoms with Crippen LogP contribution in [0.25, 0.3) is 0 Å².